The molecule has 0 saturated carbocycles. The van der Waals surface area contributed by atoms with Gasteiger partial charge in [-0.05, 0) is 37.8 Å². The number of nitrogens with zero attached hydrogens (tertiary/aromatic N) is 2. The van der Waals surface area contributed by atoms with Crippen molar-refractivity contribution in [2.75, 3.05) is 6.54 Å². The van der Waals surface area contributed by atoms with Crippen LogP contribution in [0, 0.1) is 13.8 Å². The molecule has 2 aromatic heterocycles. The van der Waals surface area contributed by atoms with Crippen molar-refractivity contribution in [1.29, 1.82) is 0 Å². The van der Waals surface area contributed by atoms with Gasteiger partial charge in [0.2, 0.25) is 5.91 Å². The first-order valence-corrected chi connectivity index (χ1v) is 10.9. The Morgan fingerprint density at radius 2 is 1.93 bits per heavy atom. The van der Waals surface area contributed by atoms with Crippen LogP contribution in [-0.2, 0) is 11.8 Å². The van der Waals surface area contributed by atoms with E-state index in [2.05, 4.69) is 29.4 Å². The zero-order chi connectivity index (χ0) is 20.4. The molecule has 2 atom stereocenters. The second-order valence-electron chi connectivity index (χ2n) is 7.04. The van der Waals surface area contributed by atoms with Gasteiger partial charge in [-0.2, -0.15) is 0 Å². The fourth-order valence-electron chi connectivity index (χ4n) is 2.97. The second kappa shape index (κ2) is 8.49. The molecular formula is C21H25N3O2S2. The number of carbonyl (C=O) groups excluding carboxylic acids is 1. The van der Waals surface area contributed by atoms with Crippen molar-refractivity contribution in [3.05, 3.63) is 56.7 Å². The van der Waals surface area contributed by atoms with Gasteiger partial charge in [0.05, 0.1) is 10.6 Å². The number of hydrogen-bond acceptors (Lipinski definition) is 5. The van der Waals surface area contributed by atoms with Gasteiger partial charge in [0.1, 0.15) is 4.83 Å². The number of rotatable bonds is 6. The average Bonchev–Trinajstić information content (AvgIpc) is 2.97. The van der Waals surface area contributed by atoms with Crippen molar-refractivity contribution in [3.63, 3.8) is 0 Å². The summed E-state index contributed by atoms with van der Waals surface area (Å²) in [5, 5.41) is 3.92. The summed E-state index contributed by atoms with van der Waals surface area (Å²) in [6.45, 7) is 8.46. The van der Waals surface area contributed by atoms with Crippen molar-refractivity contribution in [2.24, 2.45) is 7.05 Å². The number of thiophene rings is 1. The summed E-state index contributed by atoms with van der Waals surface area (Å²) in [4.78, 5) is 31.8. The normalized spacial score (nSPS) is 13.5. The molecule has 0 aliphatic carbocycles. The third-order valence-corrected chi connectivity index (χ3v) is 7.22. The van der Waals surface area contributed by atoms with Crippen LogP contribution in [0.4, 0.5) is 0 Å². The van der Waals surface area contributed by atoms with E-state index < -0.39 is 0 Å². The van der Waals surface area contributed by atoms with Crippen LogP contribution in [0.15, 0.2) is 40.3 Å². The number of aryl methyl sites for hydroxylation is 2. The standard InChI is InChI=1S/C21H25N3O2S2/c1-12(16-9-7-6-8-10-16)11-22-18(25)15(4)28-21-23-19-17(20(26)24(21)5)13(2)14(3)27-19/h6-10,12,15H,11H2,1-5H3,(H,22,25). The van der Waals surface area contributed by atoms with Crippen LogP contribution in [0.2, 0.25) is 0 Å². The van der Waals surface area contributed by atoms with Gasteiger partial charge in [-0.15, -0.1) is 11.3 Å². The molecule has 0 aliphatic heterocycles. The Balaban J connectivity index is 1.70. The first-order chi connectivity index (χ1) is 13.3. The number of carbonyl (C=O) groups is 1. The third kappa shape index (κ3) is 4.15. The number of amides is 1. The van der Waals surface area contributed by atoms with E-state index in [0.29, 0.717) is 17.1 Å². The van der Waals surface area contributed by atoms with Crippen LogP contribution < -0.4 is 10.9 Å². The highest BCUT2D eigenvalue weighted by Crippen LogP contribution is 2.29. The number of aromatic nitrogens is 2. The van der Waals surface area contributed by atoms with Crippen molar-refractivity contribution in [1.82, 2.24) is 14.9 Å². The number of thioether (sulfide) groups is 1. The monoisotopic (exact) mass is 415 g/mol. The highest BCUT2D eigenvalue weighted by Gasteiger charge is 2.20. The van der Waals surface area contributed by atoms with E-state index in [1.54, 1.807) is 11.6 Å². The Bertz CT molecular complexity index is 1060. The van der Waals surface area contributed by atoms with Gasteiger partial charge in [0.25, 0.3) is 5.56 Å². The molecule has 2 heterocycles. The smallest absolute Gasteiger partial charge is 0.262 e. The van der Waals surface area contributed by atoms with Gasteiger partial charge in [0, 0.05) is 18.5 Å². The minimum Gasteiger partial charge on any atom is -0.355 e. The zero-order valence-corrected chi connectivity index (χ0v) is 18.4. The quantitative estimate of drug-likeness (QED) is 0.488. The molecule has 0 fully saturated rings. The zero-order valence-electron chi connectivity index (χ0n) is 16.8. The second-order valence-corrected chi connectivity index (χ2v) is 9.55. The van der Waals surface area contributed by atoms with E-state index in [9.17, 15) is 9.59 Å². The van der Waals surface area contributed by atoms with E-state index >= 15 is 0 Å². The van der Waals surface area contributed by atoms with E-state index in [1.165, 1.54) is 28.7 Å². The molecule has 0 spiro atoms. The molecule has 0 aliphatic rings. The summed E-state index contributed by atoms with van der Waals surface area (Å²) >= 11 is 2.84. The molecular weight excluding hydrogens is 390 g/mol. The summed E-state index contributed by atoms with van der Waals surface area (Å²) in [6.07, 6.45) is 0. The lowest BCUT2D eigenvalue weighted by Gasteiger charge is -2.16. The van der Waals surface area contributed by atoms with Gasteiger partial charge in [-0.1, -0.05) is 49.0 Å². The van der Waals surface area contributed by atoms with Crippen molar-refractivity contribution in [3.8, 4) is 0 Å². The molecule has 7 heteroatoms. The van der Waals surface area contributed by atoms with Crippen LogP contribution in [0.5, 0.6) is 0 Å². The Kier molecular flexibility index (Phi) is 6.25. The van der Waals surface area contributed by atoms with Crippen molar-refractivity contribution >= 4 is 39.2 Å². The summed E-state index contributed by atoms with van der Waals surface area (Å²) in [6, 6.07) is 10.1. The Labute approximate surface area is 173 Å². The van der Waals surface area contributed by atoms with Crippen LogP contribution in [-0.4, -0.2) is 27.3 Å². The van der Waals surface area contributed by atoms with E-state index in [4.69, 9.17) is 0 Å². The number of benzene rings is 1. The van der Waals surface area contributed by atoms with Crippen LogP contribution in [0.1, 0.15) is 35.8 Å². The third-order valence-electron chi connectivity index (χ3n) is 4.97. The molecule has 1 amide bonds. The molecule has 1 N–H and O–H groups in total. The lowest BCUT2D eigenvalue weighted by Crippen LogP contribution is -2.34. The van der Waals surface area contributed by atoms with Gasteiger partial charge in [-0.25, -0.2) is 4.98 Å². The van der Waals surface area contributed by atoms with Gasteiger partial charge >= 0.3 is 0 Å². The maximum atomic E-state index is 12.7. The molecule has 0 saturated heterocycles. The fourth-order valence-corrected chi connectivity index (χ4v) is 4.94. The minimum atomic E-state index is -0.347. The molecule has 0 bridgehead atoms. The highest BCUT2D eigenvalue weighted by molar-refractivity contribution is 8.00. The minimum absolute atomic E-state index is 0.0549. The topological polar surface area (TPSA) is 64.0 Å². The predicted octanol–water partition coefficient (Wildman–Crippen LogP) is 4.01. The Hall–Kier alpha value is -2.12. The number of fused-ring (bicyclic) bond motifs is 1. The van der Waals surface area contributed by atoms with Crippen LogP contribution in [0.25, 0.3) is 10.2 Å². The lowest BCUT2D eigenvalue weighted by molar-refractivity contribution is -0.120. The molecule has 5 nitrogen and oxygen atoms in total. The molecule has 28 heavy (non-hydrogen) atoms. The number of nitrogens with one attached hydrogen (secondary N) is 1. The Morgan fingerprint density at radius 3 is 2.61 bits per heavy atom. The molecule has 2 unspecified atom stereocenters. The first kappa shape index (κ1) is 20.6. The van der Waals surface area contributed by atoms with Crippen LogP contribution in [0.3, 0.4) is 0 Å². The maximum Gasteiger partial charge on any atom is 0.262 e. The largest absolute Gasteiger partial charge is 0.355 e. The van der Waals surface area contributed by atoms with Gasteiger partial charge in [-0.3, -0.25) is 14.2 Å². The van der Waals surface area contributed by atoms with E-state index in [0.717, 1.165) is 15.3 Å². The van der Waals surface area contributed by atoms with E-state index in [1.807, 2.05) is 39.0 Å². The predicted molar refractivity (Wildman–Crippen MR) is 118 cm³/mol. The fraction of sp³-hybridized carbons (Fsp3) is 0.381. The van der Waals surface area contributed by atoms with Crippen LogP contribution >= 0.6 is 23.1 Å². The van der Waals surface area contributed by atoms with Gasteiger partial charge in [0.15, 0.2) is 5.16 Å². The number of hydrogen-bond donors (Lipinski definition) is 1. The summed E-state index contributed by atoms with van der Waals surface area (Å²) in [7, 11) is 1.71. The SMILES string of the molecule is Cc1sc2nc(SC(C)C(=O)NCC(C)c3ccccc3)n(C)c(=O)c2c1C. The lowest BCUT2D eigenvalue weighted by atomic mass is 10.0. The first-order valence-electron chi connectivity index (χ1n) is 9.25. The summed E-state index contributed by atoms with van der Waals surface area (Å²) in [5.74, 6) is 0.180. The van der Waals surface area contributed by atoms with Gasteiger partial charge < -0.3 is 5.32 Å². The molecule has 148 valence electrons. The average molecular weight is 416 g/mol. The van der Waals surface area contributed by atoms with E-state index in [-0.39, 0.29) is 22.6 Å². The maximum absolute atomic E-state index is 12.7. The highest BCUT2D eigenvalue weighted by atomic mass is 32.2. The molecule has 3 aromatic rings. The molecule has 1 aromatic carbocycles. The van der Waals surface area contributed by atoms with Crippen molar-refractivity contribution < 1.29 is 4.79 Å². The molecule has 3 rings (SSSR count). The summed E-state index contributed by atoms with van der Waals surface area (Å²) < 4.78 is 1.54. The Morgan fingerprint density at radius 1 is 1.25 bits per heavy atom. The van der Waals surface area contributed by atoms with Crippen molar-refractivity contribution in [2.45, 2.75) is 44.0 Å². The summed E-state index contributed by atoms with van der Waals surface area (Å²) in [5.41, 5.74) is 2.13. The molecule has 0 radical (unpaired) electrons.